The molecule has 0 rings (SSSR count). The van der Waals surface area contributed by atoms with E-state index in [9.17, 15) is 4.57 Å². The summed E-state index contributed by atoms with van der Waals surface area (Å²) in [4.78, 5) is 0. The fourth-order valence-electron chi connectivity index (χ4n) is 1.42. The summed E-state index contributed by atoms with van der Waals surface area (Å²) in [6, 6.07) is 0. The first-order chi connectivity index (χ1) is 6.04. The van der Waals surface area contributed by atoms with Crippen LogP contribution in [0.5, 0.6) is 0 Å². The molecular weight excluding hydrogens is 183 g/mol. The first kappa shape index (κ1) is 13.2. The van der Waals surface area contributed by atoms with Crippen LogP contribution in [0.15, 0.2) is 0 Å². The maximum atomic E-state index is 12.2. The van der Waals surface area contributed by atoms with Gasteiger partial charge in [-0.25, -0.2) is 0 Å². The summed E-state index contributed by atoms with van der Waals surface area (Å²) in [6.07, 6.45) is 4.14. The molecular formula is C10H23O2P. The van der Waals surface area contributed by atoms with Gasteiger partial charge < -0.3 is 9.67 Å². The van der Waals surface area contributed by atoms with E-state index in [1.165, 1.54) is 0 Å². The van der Waals surface area contributed by atoms with Crippen LogP contribution >= 0.6 is 7.14 Å². The van der Waals surface area contributed by atoms with Crippen molar-refractivity contribution in [2.45, 2.75) is 33.6 Å². The SMILES string of the molecule is CCCP(=O)(CCO)CCC(C)C. The molecule has 0 saturated carbocycles. The summed E-state index contributed by atoms with van der Waals surface area (Å²) < 4.78 is 12.2. The molecule has 0 aliphatic rings. The highest BCUT2D eigenvalue weighted by atomic mass is 31.2. The summed E-state index contributed by atoms with van der Waals surface area (Å²) in [6.45, 7) is 6.43. The van der Waals surface area contributed by atoms with Crippen molar-refractivity contribution in [3.05, 3.63) is 0 Å². The van der Waals surface area contributed by atoms with Crippen molar-refractivity contribution >= 4 is 7.14 Å². The zero-order valence-corrected chi connectivity index (χ0v) is 10.0. The lowest BCUT2D eigenvalue weighted by atomic mass is 10.2. The molecule has 0 saturated heterocycles. The Bertz CT molecular complexity index is 156. The average Bonchev–Trinajstić information content (AvgIpc) is 2.02. The molecule has 80 valence electrons. The van der Waals surface area contributed by atoms with Gasteiger partial charge in [-0.3, -0.25) is 0 Å². The van der Waals surface area contributed by atoms with Crippen molar-refractivity contribution in [1.29, 1.82) is 0 Å². The van der Waals surface area contributed by atoms with Gasteiger partial charge in [0, 0.05) is 25.1 Å². The zero-order chi connectivity index (χ0) is 10.3. The molecule has 1 N–H and O–H groups in total. The summed E-state index contributed by atoms with van der Waals surface area (Å²) in [7, 11) is -2.02. The molecule has 0 spiro atoms. The second-order valence-electron chi connectivity index (χ2n) is 4.14. The third-order valence-corrected chi connectivity index (χ3v) is 5.60. The Labute approximate surface area is 82.1 Å². The Morgan fingerprint density at radius 3 is 2.23 bits per heavy atom. The molecule has 13 heavy (non-hydrogen) atoms. The molecule has 3 heteroatoms. The molecule has 0 aromatic heterocycles. The molecule has 0 aromatic carbocycles. The first-order valence-corrected chi connectivity index (χ1v) is 7.48. The van der Waals surface area contributed by atoms with Crippen molar-refractivity contribution in [3.63, 3.8) is 0 Å². The normalized spacial score (nSPS) is 16.1. The lowest BCUT2D eigenvalue weighted by Gasteiger charge is -2.17. The van der Waals surface area contributed by atoms with E-state index in [0.717, 1.165) is 25.2 Å². The minimum Gasteiger partial charge on any atom is -0.396 e. The van der Waals surface area contributed by atoms with E-state index in [0.29, 0.717) is 12.1 Å². The number of rotatable bonds is 7. The van der Waals surface area contributed by atoms with Crippen LogP contribution in [0.2, 0.25) is 0 Å². The molecule has 0 bridgehead atoms. The van der Waals surface area contributed by atoms with Crippen molar-refractivity contribution in [2.75, 3.05) is 25.1 Å². The second-order valence-corrected chi connectivity index (χ2v) is 7.59. The molecule has 0 aromatic rings. The molecule has 0 radical (unpaired) electrons. The second kappa shape index (κ2) is 6.62. The lowest BCUT2D eigenvalue weighted by molar-refractivity contribution is 0.319. The van der Waals surface area contributed by atoms with E-state index in [4.69, 9.17) is 5.11 Å². The van der Waals surface area contributed by atoms with Gasteiger partial charge in [-0.15, -0.1) is 0 Å². The highest BCUT2D eigenvalue weighted by Gasteiger charge is 2.20. The monoisotopic (exact) mass is 206 g/mol. The Kier molecular flexibility index (Phi) is 6.71. The first-order valence-electron chi connectivity index (χ1n) is 5.22. The van der Waals surface area contributed by atoms with Crippen LogP contribution in [0.1, 0.15) is 33.6 Å². The van der Waals surface area contributed by atoms with Crippen molar-refractivity contribution in [2.24, 2.45) is 5.92 Å². The Morgan fingerprint density at radius 2 is 1.85 bits per heavy atom. The fraction of sp³-hybridized carbons (Fsp3) is 1.00. The predicted molar refractivity (Wildman–Crippen MR) is 59.0 cm³/mol. The van der Waals surface area contributed by atoms with Crippen LogP contribution in [0, 0.1) is 5.92 Å². The highest BCUT2D eigenvalue weighted by Crippen LogP contribution is 2.46. The average molecular weight is 206 g/mol. The topological polar surface area (TPSA) is 37.3 Å². The predicted octanol–water partition coefficient (Wildman–Crippen LogP) is 2.80. The highest BCUT2D eigenvalue weighted by molar-refractivity contribution is 7.63. The summed E-state index contributed by atoms with van der Waals surface area (Å²) >= 11 is 0. The van der Waals surface area contributed by atoms with Crippen LogP contribution in [-0.2, 0) is 4.57 Å². The van der Waals surface area contributed by atoms with Crippen LogP contribution in [0.4, 0.5) is 0 Å². The minimum atomic E-state index is -2.02. The fourth-order valence-corrected chi connectivity index (χ4v) is 4.26. The molecule has 0 aliphatic heterocycles. The standard InChI is InChI=1S/C10H23O2P/c1-4-7-13(12,9-6-11)8-5-10(2)3/h10-11H,4-9H2,1-3H3. The van der Waals surface area contributed by atoms with Crippen LogP contribution in [0.25, 0.3) is 0 Å². The van der Waals surface area contributed by atoms with Gasteiger partial charge in [0.25, 0.3) is 0 Å². The van der Waals surface area contributed by atoms with Crippen molar-refractivity contribution < 1.29 is 9.67 Å². The maximum Gasteiger partial charge on any atom is 0.0900 e. The number of hydrogen-bond acceptors (Lipinski definition) is 2. The molecule has 0 amide bonds. The quantitative estimate of drug-likeness (QED) is 0.650. The van der Waals surface area contributed by atoms with Gasteiger partial charge in [0.15, 0.2) is 0 Å². The molecule has 0 heterocycles. The van der Waals surface area contributed by atoms with E-state index in [1.54, 1.807) is 0 Å². The van der Waals surface area contributed by atoms with Crippen LogP contribution in [0.3, 0.4) is 0 Å². The van der Waals surface area contributed by atoms with Gasteiger partial charge in [-0.2, -0.15) is 0 Å². The van der Waals surface area contributed by atoms with E-state index >= 15 is 0 Å². The third-order valence-electron chi connectivity index (χ3n) is 2.25. The Morgan fingerprint density at radius 1 is 1.23 bits per heavy atom. The van der Waals surface area contributed by atoms with Crippen molar-refractivity contribution in [3.8, 4) is 0 Å². The minimum absolute atomic E-state index is 0.0787. The number of aliphatic hydroxyl groups excluding tert-OH is 1. The van der Waals surface area contributed by atoms with E-state index in [-0.39, 0.29) is 6.61 Å². The molecule has 2 nitrogen and oxygen atoms in total. The van der Waals surface area contributed by atoms with Crippen molar-refractivity contribution in [1.82, 2.24) is 0 Å². The summed E-state index contributed by atoms with van der Waals surface area (Å²) in [5, 5.41) is 8.82. The van der Waals surface area contributed by atoms with Gasteiger partial charge in [-0.1, -0.05) is 20.8 Å². The van der Waals surface area contributed by atoms with E-state index in [1.807, 2.05) is 0 Å². The van der Waals surface area contributed by atoms with Gasteiger partial charge >= 0.3 is 0 Å². The molecule has 1 unspecified atom stereocenters. The Hall–Kier alpha value is 0.190. The smallest absolute Gasteiger partial charge is 0.0900 e. The van der Waals surface area contributed by atoms with Gasteiger partial charge in [0.2, 0.25) is 0 Å². The maximum absolute atomic E-state index is 12.2. The number of aliphatic hydroxyl groups is 1. The summed E-state index contributed by atoms with van der Waals surface area (Å²) in [5.41, 5.74) is 0. The summed E-state index contributed by atoms with van der Waals surface area (Å²) in [5.74, 6) is 0.615. The van der Waals surface area contributed by atoms with E-state index in [2.05, 4.69) is 20.8 Å². The third kappa shape index (κ3) is 6.29. The largest absolute Gasteiger partial charge is 0.396 e. The molecule has 0 aliphatic carbocycles. The van der Waals surface area contributed by atoms with Gasteiger partial charge in [0.05, 0.1) is 7.14 Å². The zero-order valence-electron chi connectivity index (χ0n) is 9.12. The van der Waals surface area contributed by atoms with Gasteiger partial charge in [-0.05, 0) is 18.8 Å². The Balaban J connectivity index is 3.99. The van der Waals surface area contributed by atoms with Gasteiger partial charge in [0.1, 0.15) is 0 Å². The number of hydrogen-bond donors (Lipinski definition) is 1. The molecule has 0 fully saturated rings. The van der Waals surface area contributed by atoms with E-state index < -0.39 is 7.14 Å². The van der Waals surface area contributed by atoms with Crippen LogP contribution < -0.4 is 0 Å². The van der Waals surface area contributed by atoms with Crippen LogP contribution in [-0.4, -0.2) is 30.2 Å². The lowest BCUT2D eigenvalue weighted by Crippen LogP contribution is -2.05. The molecule has 1 atom stereocenters.